The van der Waals surface area contributed by atoms with Gasteiger partial charge in [-0.1, -0.05) is 25.1 Å². The van der Waals surface area contributed by atoms with Crippen LogP contribution in [0.15, 0.2) is 35.9 Å². The van der Waals surface area contributed by atoms with Crippen LogP contribution >= 0.6 is 11.8 Å². The van der Waals surface area contributed by atoms with E-state index in [9.17, 15) is 10.1 Å². The normalized spacial score (nSPS) is 15.1. The van der Waals surface area contributed by atoms with Crippen molar-refractivity contribution in [3.63, 3.8) is 0 Å². The van der Waals surface area contributed by atoms with Gasteiger partial charge in [0, 0.05) is 54.8 Å². The summed E-state index contributed by atoms with van der Waals surface area (Å²) in [5.74, 6) is 1.93. The molecule has 1 saturated heterocycles. The Morgan fingerprint density at radius 1 is 1.27 bits per heavy atom. The first kappa shape index (κ1) is 22.2. The maximum Gasteiger partial charge on any atom is 0.266 e. The Hall–Kier alpha value is -2.49. The smallest absolute Gasteiger partial charge is 0.266 e. The SMILES string of the molecule is CCCn1c(C)cc(C=C(C#N)C(=O)Nc2ccccc2CN2CCSCC2)c1C. The summed E-state index contributed by atoms with van der Waals surface area (Å²) in [6.45, 7) is 10.1. The molecule has 1 aliphatic rings. The van der Waals surface area contributed by atoms with Gasteiger partial charge >= 0.3 is 0 Å². The zero-order chi connectivity index (χ0) is 21.5. The fourth-order valence-corrected chi connectivity index (χ4v) is 4.79. The van der Waals surface area contributed by atoms with Crippen LogP contribution in [-0.4, -0.2) is 40.0 Å². The van der Waals surface area contributed by atoms with Gasteiger partial charge in [0.2, 0.25) is 0 Å². The maximum atomic E-state index is 12.9. The predicted octanol–water partition coefficient (Wildman–Crippen LogP) is 4.61. The van der Waals surface area contributed by atoms with Crippen LogP contribution in [0, 0.1) is 25.2 Å². The number of para-hydroxylation sites is 1. The lowest BCUT2D eigenvalue weighted by Gasteiger charge is -2.27. The monoisotopic (exact) mass is 422 g/mol. The minimum Gasteiger partial charge on any atom is -0.349 e. The lowest BCUT2D eigenvalue weighted by atomic mass is 10.1. The summed E-state index contributed by atoms with van der Waals surface area (Å²) in [6, 6.07) is 12.0. The summed E-state index contributed by atoms with van der Waals surface area (Å²) >= 11 is 1.98. The zero-order valence-corrected chi connectivity index (χ0v) is 18.9. The van der Waals surface area contributed by atoms with E-state index in [1.807, 2.05) is 49.0 Å². The highest BCUT2D eigenvalue weighted by molar-refractivity contribution is 7.99. The quantitative estimate of drug-likeness (QED) is 0.523. The van der Waals surface area contributed by atoms with Crippen LogP contribution in [0.2, 0.25) is 0 Å². The molecule has 0 bridgehead atoms. The Morgan fingerprint density at radius 3 is 2.70 bits per heavy atom. The Kier molecular flexibility index (Phi) is 7.78. The molecule has 2 heterocycles. The molecular weight excluding hydrogens is 392 g/mol. The number of anilines is 1. The number of amides is 1. The van der Waals surface area contributed by atoms with Crippen LogP contribution in [0.1, 0.15) is 35.9 Å². The van der Waals surface area contributed by atoms with Crippen molar-refractivity contribution in [3.05, 3.63) is 58.4 Å². The van der Waals surface area contributed by atoms with E-state index >= 15 is 0 Å². The van der Waals surface area contributed by atoms with Gasteiger partial charge in [-0.15, -0.1) is 0 Å². The Balaban J connectivity index is 1.79. The fourth-order valence-electron chi connectivity index (χ4n) is 3.82. The second-order valence-electron chi connectivity index (χ2n) is 7.65. The standard InChI is InChI=1S/C24H30N4OS/c1-4-9-28-18(2)14-21(19(28)3)15-22(16-25)24(29)26-23-8-6-5-7-20(23)17-27-10-12-30-13-11-27/h5-8,14-15H,4,9-13,17H2,1-3H3,(H,26,29). The fraction of sp³-hybridized carbons (Fsp3) is 0.417. The summed E-state index contributed by atoms with van der Waals surface area (Å²) in [5, 5.41) is 12.6. The first-order valence-electron chi connectivity index (χ1n) is 10.5. The molecule has 3 rings (SSSR count). The number of nitrogens with one attached hydrogen (secondary N) is 1. The van der Waals surface area contributed by atoms with Crippen molar-refractivity contribution in [1.29, 1.82) is 5.26 Å². The van der Waals surface area contributed by atoms with Gasteiger partial charge in [-0.2, -0.15) is 17.0 Å². The highest BCUT2D eigenvalue weighted by atomic mass is 32.2. The van der Waals surface area contributed by atoms with Gasteiger partial charge in [0.15, 0.2) is 0 Å². The molecule has 6 heteroatoms. The molecule has 1 N–H and O–H groups in total. The Labute approximate surface area is 183 Å². The number of nitriles is 1. The molecule has 2 aromatic rings. The average molecular weight is 423 g/mol. The average Bonchev–Trinajstić information content (AvgIpc) is 3.01. The topological polar surface area (TPSA) is 61.1 Å². The van der Waals surface area contributed by atoms with Gasteiger partial charge in [-0.25, -0.2) is 0 Å². The third-order valence-corrected chi connectivity index (χ3v) is 6.43. The van der Waals surface area contributed by atoms with Crippen molar-refractivity contribution < 1.29 is 4.79 Å². The molecule has 0 aliphatic carbocycles. The number of benzene rings is 1. The number of carbonyl (C=O) groups is 1. The molecule has 0 radical (unpaired) electrons. The molecule has 0 atom stereocenters. The van der Waals surface area contributed by atoms with E-state index in [-0.39, 0.29) is 11.5 Å². The lowest BCUT2D eigenvalue weighted by Crippen LogP contribution is -2.32. The van der Waals surface area contributed by atoms with E-state index < -0.39 is 0 Å². The summed E-state index contributed by atoms with van der Waals surface area (Å²) in [4.78, 5) is 15.3. The Bertz CT molecular complexity index is 964. The van der Waals surface area contributed by atoms with E-state index in [1.54, 1.807) is 6.08 Å². The number of carbonyl (C=O) groups excluding carboxylic acids is 1. The first-order valence-corrected chi connectivity index (χ1v) is 11.7. The highest BCUT2D eigenvalue weighted by Crippen LogP contribution is 2.22. The van der Waals surface area contributed by atoms with Crippen LogP contribution in [0.3, 0.4) is 0 Å². The predicted molar refractivity (Wildman–Crippen MR) is 125 cm³/mol. The number of aromatic nitrogens is 1. The summed E-state index contributed by atoms with van der Waals surface area (Å²) in [6.07, 6.45) is 2.74. The van der Waals surface area contributed by atoms with Crippen molar-refractivity contribution in [1.82, 2.24) is 9.47 Å². The molecule has 1 amide bonds. The maximum absolute atomic E-state index is 12.9. The van der Waals surface area contributed by atoms with Crippen molar-refractivity contribution >= 4 is 29.4 Å². The molecule has 5 nitrogen and oxygen atoms in total. The lowest BCUT2D eigenvalue weighted by molar-refractivity contribution is -0.112. The molecule has 0 spiro atoms. The van der Waals surface area contributed by atoms with E-state index in [0.29, 0.717) is 0 Å². The van der Waals surface area contributed by atoms with E-state index in [4.69, 9.17) is 0 Å². The van der Waals surface area contributed by atoms with Gasteiger partial charge in [-0.05, 0) is 49.6 Å². The summed E-state index contributed by atoms with van der Waals surface area (Å²) < 4.78 is 2.23. The van der Waals surface area contributed by atoms with Gasteiger partial charge in [0.25, 0.3) is 5.91 Å². The molecule has 1 fully saturated rings. The van der Waals surface area contributed by atoms with Crippen molar-refractivity contribution in [2.24, 2.45) is 0 Å². The minimum absolute atomic E-state index is 0.121. The van der Waals surface area contributed by atoms with Crippen LogP contribution in [0.4, 0.5) is 5.69 Å². The number of aryl methyl sites for hydroxylation is 1. The number of hydrogen-bond donors (Lipinski definition) is 1. The number of nitrogens with zero attached hydrogens (tertiary/aromatic N) is 3. The molecular formula is C24H30N4OS. The molecule has 1 aromatic carbocycles. The summed E-state index contributed by atoms with van der Waals surface area (Å²) in [5.41, 5.74) is 5.12. The second kappa shape index (κ2) is 10.5. The summed E-state index contributed by atoms with van der Waals surface area (Å²) in [7, 11) is 0. The zero-order valence-electron chi connectivity index (χ0n) is 18.1. The van der Waals surface area contributed by atoms with Gasteiger partial charge < -0.3 is 9.88 Å². The Morgan fingerprint density at radius 2 is 2.00 bits per heavy atom. The van der Waals surface area contributed by atoms with Gasteiger partial charge in [-0.3, -0.25) is 9.69 Å². The van der Waals surface area contributed by atoms with Crippen LogP contribution in [0.5, 0.6) is 0 Å². The van der Waals surface area contributed by atoms with E-state index in [1.165, 1.54) is 0 Å². The molecule has 158 valence electrons. The molecule has 0 unspecified atom stereocenters. The van der Waals surface area contributed by atoms with Gasteiger partial charge in [0.05, 0.1) is 0 Å². The number of hydrogen-bond acceptors (Lipinski definition) is 4. The first-order chi connectivity index (χ1) is 14.5. The van der Waals surface area contributed by atoms with Crippen LogP contribution < -0.4 is 5.32 Å². The van der Waals surface area contributed by atoms with E-state index in [0.717, 1.165) is 72.3 Å². The molecule has 1 aromatic heterocycles. The minimum atomic E-state index is -0.362. The third-order valence-electron chi connectivity index (χ3n) is 5.49. The van der Waals surface area contributed by atoms with Crippen molar-refractivity contribution in [3.8, 4) is 6.07 Å². The van der Waals surface area contributed by atoms with Gasteiger partial charge in [0.1, 0.15) is 11.6 Å². The second-order valence-corrected chi connectivity index (χ2v) is 8.87. The van der Waals surface area contributed by atoms with Crippen molar-refractivity contribution in [2.45, 2.75) is 40.3 Å². The number of rotatable bonds is 7. The highest BCUT2D eigenvalue weighted by Gasteiger charge is 2.16. The molecule has 30 heavy (non-hydrogen) atoms. The molecule has 1 aliphatic heterocycles. The number of thioether (sulfide) groups is 1. The van der Waals surface area contributed by atoms with E-state index in [2.05, 4.69) is 34.7 Å². The molecule has 0 saturated carbocycles. The van der Waals surface area contributed by atoms with Crippen LogP contribution in [-0.2, 0) is 17.9 Å². The largest absolute Gasteiger partial charge is 0.349 e. The van der Waals surface area contributed by atoms with Crippen LogP contribution in [0.25, 0.3) is 6.08 Å². The van der Waals surface area contributed by atoms with Crippen molar-refractivity contribution in [2.75, 3.05) is 29.9 Å². The third kappa shape index (κ3) is 5.35.